The van der Waals surface area contributed by atoms with Gasteiger partial charge in [0.15, 0.2) is 0 Å². The molecule has 0 radical (unpaired) electrons. The first-order valence-electron chi connectivity index (χ1n) is 5.68. The summed E-state index contributed by atoms with van der Waals surface area (Å²) in [5, 5.41) is 0. The van der Waals surface area contributed by atoms with Crippen molar-refractivity contribution in [1.82, 2.24) is 4.90 Å². The molecular weight excluding hydrogens is 188 g/mol. The van der Waals surface area contributed by atoms with Crippen LogP contribution >= 0.6 is 0 Å². The van der Waals surface area contributed by atoms with Crippen LogP contribution in [0.4, 0.5) is 0 Å². The minimum absolute atomic E-state index is 0.198. The first-order chi connectivity index (χ1) is 7.07. The van der Waals surface area contributed by atoms with Crippen molar-refractivity contribution in [2.45, 2.75) is 45.1 Å². The number of rotatable bonds is 8. The minimum atomic E-state index is 0.198. The molecular formula is C12H24N2O. The summed E-state index contributed by atoms with van der Waals surface area (Å²) in [6, 6.07) is 0.198. The summed E-state index contributed by atoms with van der Waals surface area (Å²) >= 11 is 0. The van der Waals surface area contributed by atoms with Crippen LogP contribution in [-0.4, -0.2) is 30.4 Å². The van der Waals surface area contributed by atoms with E-state index in [1.807, 2.05) is 20.0 Å². The van der Waals surface area contributed by atoms with Crippen LogP contribution in [0.15, 0.2) is 12.7 Å². The van der Waals surface area contributed by atoms with Crippen LogP contribution in [0, 0.1) is 0 Å². The van der Waals surface area contributed by atoms with Crippen LogP contribution in [-0.2, 0) is 4.79 Å². The molecule has 15 heavy (non-hydrogen) atoms. The Labute approximate surface area is 93.3 Å². The highest BCUT2D eigenvalue weighted by Gasteiger charge is 2.07. The SMILES string of the molecule is C=CCCCN(C)C(=O)CCCC(C)N. The quantitative estimate of drug-likeness (QED) is 0.493. The van der Waals surface area contributed by atoms with Crippen molar-refractivity contribution in [3.63, 3.8) is 0 Å². The zero-order chi connectivity index (χ0) is 11.7. The highest BCUT2D eigenvalue weighted by molar-refractivity contribution is 5.75. The predicted octanol–water partition coefficient (Wildman–Crippen LogP) is 1.93. The molecule has 0 aromatic rings. The van der Waals surface area contributed by atoms with Crippen LogP contribution in [0.2, 0.25) is 0 Å². The Balaban J connectivity index is 3.55. The summed E-state index contributed by atoms with van der Waals surface area (Å²) in [6.07, 6.45) is 6.28. The molecule has 1 amide bonds. The standard InChI is InChI=1S/C12H24N2O/c1-4-5-6-10-14(3)12(15)9-7-8-11(2)13/h4,11H,1,5-10,13H2,2-3H3. The second kappa shape index (κ2) is 8.48. The third kappa shape index (κ3) is 8.18. The van der Waals surface area contributed by atoms with E-state index in [4.69, 9.17) is 5.73 Å². The van der Waals surface area contributed by atoms with Gasteiger partial charge in [0.25, 0.3) is 0 Å². The van der Waals surface area contributed by atoms with E-state index in [0.717, 1.165) is 32.2 Å². The van der Waals surface area contributed by atoms with Crippen LogP contribution < -0.4 is 5.73 Å². The predicted molar refractivity (Wildman–Crippen MR) is 64.6 cm³/mol. The minimum Gasteiger partial charge on any atom is -0.346 e. The van der Waals surface area contributed by atoms with Crippen molar-refractivity contribution in [3.05, 3.63) is 12.7 Å². The maximum absolute atomic E-state index is 11.6. The van der Waals surface area contributed by atoms with Gasteiger partial charge in [0.05, 0.1) is 0 Å². The molecule has 0 saturated carbocycles. The Bertz CT molecular complexity index is 190. The fourth-order valence-electron chi connectivity index (χ4n) is 1.36. The number of hydrogen-bond acceptors (Lipinski definition) is 2. The molecule has 0 aromatic carbocycles. The molecule has 0 aromatic heterocycles. The fraction of sp³-hybridized carbons (Fsp3) is 0.750. The first-order valence-corrected chi connectivity index (χ1v) is 5.68. The van der Waals surface area contributed by atoms with Gasteiger partial charge in [-0.05, 0) is 32.6 Å². The van der Waals surface area contributed by atoms with Gasteiger partial charge in [-0.25, -0.2) is 0 Å². The number of allylic oxidation sites excluding steroid dienone is 1. The van der Waals surface area contributed by atoms with Crippen molar-refractivity contribution >= 4 is 5.91 Å². The average Bonchev–Trinajstić information content (AvgIpc) is 2.17. The van der Waals surface area contributed by atoms with E-state index in [0.29, 0.717) is 6.42 Å². The Hall–Kier alpha value is -0.830. The van der Waals surface area contributed by atoms with Crippen LogP contribution in [0.5, 0.6) is 0 Å². The van der Waals surface area contributed by atoms with Crippen molar-refractivity contribution in [3.8, 4) is 0 Å². The van der Waals surface area contributed by atoms with Crippen LogP contribution in [0.25, 0.3) is 0 Å². The topological polar surface area (TPSA) is 46.3 Å². The van der Waals surface area contributed by atoms with Crippen LogP contribution in [0.3, 0.4) is 0 Å². The monoisotopic (exact) mass is 212 g/mol. The van der Waals surface area contributed by atoms with E-state index < -0.39 is 0 Å². The molecule has 1 atom stereocenters. The Morgan fingerprint density at radius 1 is 1.53 bits per heavy atom. The van der Waals surface area contributed by atoms with Crippen molar-refractivity contribution in [2.75, 3.05) is 13.6 Å². The molecule has 3 heteroatoms. The largest absolute Gasteiger partial charge is 0.346 e. The second-order valence-electron chi connectivity index (χ2n) is 4.12. The molecule has 3 nitrogen and oxygen atoms in total. The molecule has 0 heterocycles. The smallest absolute Gasteiger partial charge is 0.222 e. The summed E-state index contributed by atoms with van der Waals surface area (Å²) in [5.74, 6) is 0.222. The van der Waals surface area contributed by atoms with E-state index in [9.17, 15) is 4.79 Å². The second-order valence-corrected chi connectivity index (χ2v) is 4.12. The molecule has 0 spiro atoms. The first kappa shape index (κ1) is 14.2. The zero-order valence-electron chi connectivity index (χ0n) is 10.0. The van der Waals surface area contributed by atoms with E-state index in [1.54, 1.807) is 4.90 Å². The number of hydrogen-bond donors (Lipinski definition) is 1. The van der Waals surface area contributed by atoms with Crippen LogP contribution in [0.1, 0.15) is 39.0 Å². The van der Waals surface area contributed by atoms with Gasteiger partial charge in [-0.2, -0.15) is 0 Å². The van der Waals surface area contributed by atoms with E-state index in [-0.39, 0.29) is 11.9 Å². The summed E-state index contributed by atoms with van der Waals surface area (Å²) in [4.78, 5) is 13.4. The third-order valence-corrected chi connectivity index (χ3v) is 2.38. The number of carbonyl (C=O) groups is 1. The lowest BCUT2D eigenvalue weighted by molar-refractivity contribution is -0.130. The molecule has 0 aliphatic heterocycles. The van der Waals surface area contributed by atoms with Crippen molar-refractivity contribution < 1.29 is 4.79 Å². The normalized spacial score (nSPS) is 12.2. The molecule has 88 valence electrons. The molecule has 0 rings (SSSR count). The molecule has 0 aliphatic rings. The number of amides is 1. The Morgan fingerprint density at radius 3 is 2.73 bits per heavy atom. The molecule has 0 bridgehead atoms. The van der Waals surface area contributed by atoms with E-state index in [1.165, 1.54) is 0 Å². The van der Waals surface area contributed by atoms with Gasteiger partial charge in [0.1, 0.15) is 0 Å². The molecule has 1 unspecified atom stereocenters. The third-order valence-electron chi connectivity index (χ3n) is 2.38. The lowest BCUT2D eigenvalue weighted by Crippen LogP contribution is -2.27. The molecule has 0 aliphatic carbocycles. The van der Waals surface area contributed by atoms with E-state index >= 15 is 0 Å². The molecule has 2 N–H and O–H groups in total. The van der Waals surface area contributed by atoms with Gasteiger partial charge in [0, 0.05) is 26.1 Å². The maximum Gasteiger partial charge on any atom is 0.222 e. The van der Waals surface area contributed by atoms with Gasteiger partial charge in [-0.1, -0.05) is 6.08 Å². The summed E-state index contributed by atoms with van der Waals surface area (Å²) in [7, 11) is 1.86. The summed E-state index contributed by atoms with van der Waals surface area (Å²) < 4.78 is 0. The van der Waals surface area contributed by atoms with Crippen molar-refractivity contribution in [2.24, 2.45) is 5.73 Å². The number of nitrogens with two attached hydrogens (primary N) is 1. The lowest BCUT2D eigenvalue weighted by Gasteiger charge is -2.16. The van der Waals surface area contributed by atoms with Gasteiger partial charge in [-0.3, -0.25) is 4.79 Å². The van der Waals surface area contributed by atoms with Gasteiger partial charge in [-0.15, -0.1) is 6.58 Å². The van der Waals surface area contributed by atoms with Gasteiger partial charge >= 0.3 is 0 Å². The highest BCUT2D eigenvalue weighted by atomic mass is 16.2. The number of unbranched alkanes of at least 4 members (excludes halogenated alkanes) is 1. The maximum atomic E-state index is 11.6. The fourth-order valence-corrected chi connectivity index (χ4v) is 1.36. The summed E-state index contributed by atoms with van der Waals surface area (Å²) in [5.41, 5.74) is 5.62. The molecule has 0 fully saturated rings. The Morgan fingerprint density at radius 2 is 2.20 bits per heavy atom. The highest BCUT2D eigenvalue weighted by Crippen LogP contribution is 2.02. The van der Waals surface area contributed by atoms with E-state index in [2.05, 4.69) is 6.58 Å². The zero-order valence-corrected chi connectivity index (χ0v) is 10.0. The van der Waals surface area contributed by atoms with Gasteiger partial charge in [0.2, 0.25) is 5.91 Å². The van der Waals surface area contributed by atoms with Gasteiger partial charge < -0.3 is 10.6 Å². The number of carbonyl (C=O) groups excluding carboxylic acids is 1. The van der Waals surface area contributed by atoms with Crippen molar-refractivity contribution in [1.29, 1.82) is 0 Å². The lowest BCUT2D eigenvalue weighted by atomic mass is 10.1. The number of nitrogens with zero attached hydrogens (tertiary/aromatic N) is 1. The Kier molecular flexibility index (Phi) is 8.01. The molecule has 0 saturated heterocycles. The summed E-state index contributed by atoms with van der Waals surface area (Å²) in [6.45, 7) is 6.45. The average molecular weight is 212 g/mol.